The number of hydrogen-bond acceptors (Lipinski definition) is 6. The molecule has 0 aromatic heterocycles. The summed E-state index contributed by atoms with van der Waals surface area (Å²) >= 11 is 0. The molecule has 0 saturated carbocycles. The van der Waals surface area contributed by atoms with Crippen molar-refractivity contribution >= 4 is 85.4 Å². The van der Waals surface area contributed by atoms with E-state index >= 15 is 0 Å². The first-order valence-corrected chi connectivity index (χ1v) is 26.9. The number of rotatable bonds is 17. The Hall–Kier alpha value is -10.8. The lowest BCUT2D eigenvalue weighted by Gasteiger charge is -2.26. The lowest BCUT2D eigenvalue weighted by molar-refractivity contribution is 1.28. The van der Waals surface area contributed by atoms with Crippen molar-refractivity contribution in [3.63, 3.8) is 0 Å². The lowest BCUT2D eigenvalue weighted by atomic mass is 10.0. The van der Waals surface area contributed by atoms with E-state index in [0.29, 0.717) is 0 Å². The standard InChI is InChI=1S/C74H56N6/c1-8-22-60(23-9-1)75-61-44-36-56(37-45-61)73(57-38-50-70(51-39-57)78(64-24-10-2-11-25-64)65-26-12-3-13-27-65)76-62-46-48-63(49-47-62)77-74(58-40-52-71(53-41-58)79(66-28-14-4-15-29-66)67-30-16-5-17-31-67)59-42-54-72(55-43-59)80(68-32-18-6-19-33-68)69-34-20-7-21-35-69/h1-55,75H. The maximum Gasteiger partial charge on any atom is 0.0781 e. The van der Waals surface area contributed by atoms with E-state index in [2.05, 4.69) is 323 Å². The minimum Gasteiger partial charge on any atom is -0.356 e. The van der Waals surface area contributed by atoms with Crippen molar-refractivity contribution in [2.75, 3.05) is 20.0 Å². The fourth-order valence-corrected chi connectivity index (χ4v) is 9.96. The van der Waals surface area contributed by atoms with Crippen LogP contribution in [0.1, 0.15) is 22.3 Å². The Kier molecular flexibility index (Phi) is 15.0. The predicted octanol–water partition coefficient (Wildman–Crippen LogP) is 20.2. The molecule has 12 aromatic rings. The molecule has 6 nitrogen and oxygen atoms in total. The van der Waals surface area contributed by atoms with Gasteiger partial charge in [0.2, 0.25) is 0 Å². The van der Waals surface area contributed by atoms with Gasteiger partial charge in [0.05, 0.1) is 22.8 Å². The zero-order chi connectivity index (χ0) is 53.7. The van der Waals surface area contributed by atoms with Crippen molar-refractivity contribution in [1.29, 1.82) is 0 Å². The van der Waals surface area contributed by atoms with Crippen LogP contribution in [0.5, 0.6) is 0 Å². The van der Waals surface area contributed by atoms with Crippen LogP contribution in [0.15, 0.2) is 344 Å². The molecule has 0 saturated heterocycles. The average Bonchev–Trinajstić information content (AvgIpc) is 3.55. The van der Waals surface area contributed by atoms with Gasteiger partial charge in [-0.15, -0.1) is 0 Å². The molecule has 0 bridgehead atoms. The third kappa shape index (κ3) is 11.6. The van der Waals surface area contributed by atoms with E-state index in [1.54, 1.807) is 0 Å². The monoisotopic (exact) mass is 1030 g/mol. The molecule has 0 amide bonds. The summed E-state index contributed by atoms with van der Waals surface area (Å²) in [5.74, 6) is 0. The van der Waals surface area contributed by atoms with Gasteiger partial charge < -0.3 is 20.0 Å². The number of benzene rings is 12. The molecule has 0 aliphatic rings. The number of nitrogens with zero attached hydrogens (tertiary/aromatic N) is 5. The Morgan fingerprint density at radius 3 is 0.650 bits per heavy atom. The summed E-state index contributed by atoms with van der Waals surface area (Å²) in [6.07, 6.45) is 0. The van der Waals surface area contributed by atoms with Gasteiger partial charge in [0.1, 0.15) is 0 Å². The van der Waals surface area contributed by atoms with Crippen molar-refractivity contribution < 1.29 is 0 Å². The minimum absolute atomic E-state index is 0.807. The maximum atomic E-state index is 5.47. The van der Waals surface area contributed by atoms with Crippen molar-refractivity contribution in [2.45, 2.75) is 0 Å². The molecule has 12 aromatic carbocycles. The smallest absolute Gasteiger partial charge is 0.0781 e. The topological polar surface area (TPSA) is 46.5 Å². The van der Waals surface area contributed by atoms with Crippen LogP contribution in [-0.4, -0.2) is 11.4 Å². The molecule has 12 rings (SSSR count). The van der Waals surface area contributed by atoms with E-state index < -0.39 is 0 Å². The van der Waals surface area contributed by atoms with E-state index in [1.807, 2.05) is 30.3 Å². The molecule has 0 aliphatic carbocycles. The maximum absolute atomic E-state index is 5.47. The molecule has 1 N–H and O–H groups in total. The molecule has 0 unspecified atom stereocenters. The molecule has 6 heteroatoms. The molecule has 0 fully saturated rings. The molecular weight excluding hydrogens is 973 g/mol. The highest BCUT2D eigenvalue weighted by atomic mass is 15.2. The van der Waals surface area contributed by atoms with Crippen LogP contribution in [0, 0.1) is 0 Å². The van der Waals surface area contributed by atoms with Crippen LogP contribution in [0.4, 0.5) is 73.9 Å². The highest BCUT2D eigenvalue weighted by molar-refractivity contribution is 6.15. The Balaban J connectivity index is 0.917. The average molecular weight is 1030 g/mol. The van der Waals surface area contributed by atoms with Gasteiger partial charge in [0, 0.05) is 84.8 Å². The van der Waals surface area contributed by atoms with Gasteiger partial charge in [-0.05, 0) is 158 Å². The summed E-state index contributed by atoms with van der Waals surface area (Å²) in [4.78, 5) is 17.7. The molecule has 0 heterocycles. The second-order valence-corrected chi connectivity index (χ2v) is 19.2. The van der Waals surface area contributed by atoms with E-state index in [-0.39, 0.29) is 0 Å². The van der Waals surface area contributed by atoms with E-state index in [1.165, 1.54) is 0 Å². The van der Waals surface area contributed by atoms with Crippen LogP contribution in [-0.2, 0) is 0 Å². The molecule has 0 radical (unpaired) electrons. The SMILES string of the molecule is c1ccc(Nc2ccc(C(=Nc3ccc(N=C(c4ccc(N(c5ccccc5)c5ccccc5)cc4)c4ccc(N(c5ccccc5)c5ccccc5)cc4)cc3)c3ccc(N(c4ccccc4)c4ccccc4)cc3)cc2)cc1. The van der Waals surface area contributed by atoms with Crippen LogP contribution in [0.3, 0.4) is 0 Å². The van der Waals surface area contributed by atoms with Crippen molar-refractivity contribution in [1.82, 2.24) is 0 Å². The van der Waals surface area contributed by atoms with Crippen LogP contribution in [0.25, 0.3) is 0 Å². The van der Waals surface area contributed by atoms with Crippen molar-refractivity contribution in [3.8, 4) is 0 Å². The van der Waals surface area contributed by atoms with Gasteiger partial charge in [0.15, 0.2) is 0 Å². The van der Waals surface area contributed by atoms with Crippen LogP contribution < -0.4 is 20.0 Å². The van der Waals surface area contributed by atoms with Gasteiger partial charge in [-0.3, -0.25) is 0 Å². The highest BCUT2D eigenvalue weighted by Gasteiger charge is 2.18. The molecule has 0 aliphatic heterocycles. The number of nitrogens with one attached hydrogen (secondary N) is 1. The van der Waals surface area contributed by atoms with Crippen LogP contribution in [0.2, 0.25) is 0 Å². The largest absolute Gasteiger partial charge is 0.356 e. The quantitative estimate of drug-likeness (QED) is 0.0923. The fourth-order valence-electron chi connectivity index (χ4n) is 9.96. The molecule has 382 valence electrons. The van der Waals surface area contributed by atoms with Gasteiger partial charge in [0.25, 0.3) is 0 Å². The summed E-state index contributed by atoms with van der Waals surface area (Å²) in [7, 11) is 0. The summed E-state index contributed by atoms with van der Waals surface area (Å²) in [5, 5.41) is 3.54. The number of aliphatic imine (C=N–C) groups is 2. The normalized spacial score (nSPS) is 11.1. The first kappa shape index (κ1) is 50.0. The summed E-state index contributed by atoms with van der Waals surface area (Å²) in [6, 6.07) is 116. The lowest BCUT2D eigenvalue weighted by Crippen LogP contribution is -2.11. The van der Waals surface area contributed by atoms with Gasteiger partial charge in [-0.25, -0.2) is 9.98 Å². The molecule has 0 spiro atoms. The number of hydrogen-bond donors (Lipinski definition) is 1. The minimum atomic E-state index is 0.807. The zero-order valence-corrected chi connectivity index (χ0v) is 44.0. The van der Waals surface area contributed by atoms with Gasteiger partial charge in [-0.1, -0.05) is 176 Å². The molecular formula is C74H56N6. The molecule has 80 heavy (non-hydrogen) atoms. The zero-order valence-electron chi connectivity index (χ0n) is 44.0. The number of anilines is 11. The third-order valence-corrected chi connectivity index (χ3v) is 13.8. The third-order valence-electron chi connectivity index (χ3n) is 13.8. The van der Waals surface area contributed by atoms with Gasteiger partial charge in [-0.2, -0.15) is 0 Å². The van der Waals surface area contributed by atoms with Gasteiger partial charge >= 0.3 is 0 Å². The Bertz CT molecular complexity index is 3690. The van der Waals surface area contributed by atoms with Crippen LogP contribution >= 0.6 is 0 Å². The van der Waals surface area contributed by atoms with E-state index in [0.717, 1.165) is 108 Å². The molecule has 0 atom stereocenters. The highest BCUT2D eigenvalue weighted by Crippen LogP contribution is 2.38. The summed E-state index contributed by atoms with van der Waals surface area (Å²) < 4.78 is 0. The fraction of sp³-hybridized carbons (Fsp3) is 0. The Labute approximate surface area is 468 Å². The first-order chi connectivity index (χ1) is 39.7. The van der Waals surface area contributed by atoms with E-state index in [4.69, 9.17) is 9.98 Å². The first-order valence-electron chi connectivity index (χ1n) is 26.9. The Morgan fingerprint density at radius 1 is 0.200 bits per heavy atom. The second kappa shape index (κ2) is 24.0. The number of para-hydroxylation sites is 7. The summed E-state index contributed by atoms with van der Waals surface area (Å²) in [6.45, 7) is 0. The summed E-state index contributed by atoms with van der Waals surface area (Å²) in [5.41, 5.74) is 18.9. The van der Waals surface area contributed by atoms with Crippen molar-refractivity contribution in [2.24, 2.45) is 9.98 Å². The Morgan fingerprint density at radius 2 is 0.400 bits per heavy atom. The predicted molar refractivity (Wildman–Crippen MR) is 337 cm³/mol. The van der Waals surface area contributed by atoms with Crippen molar-refractivity contribution in [3.05, 3.63) is 356 Å². The van der Waals surface area contributed by atoms with E-state index in [9.17, 15) is 0 Å². The second-order valence-electron chi connectivity index (χ2n) is 19.2.